The predicted molar refractivity (Wildman–Crippen MR) is 76.0 cm³/mol. The molecule has 22 heavy (non-hydrogen) atoms. The molecule has 0 radical (unpaired) electrons. The molecule has 2 aromatic heterocycles. The van der Waals surface area contributed by atoms with Gasteiger partial charge in [0.25, 0.3) is 5.91 Å². The molecular formula is C13H12BrF3N4O. The first-order valence-corrected chi connectivity index (χ1v) is 7.01. The molecule has 5 nitrogen and oxygen atoms in total. The fraction of sp³-hybridized carbons (Fsp3) is 0.308. The number of carbonyl (C=O) groups is 1. The Kier molecular flexibility index (Phi) is 4.55. The number of rotatable bonds is 3. The van der Waals surface area contributed by atoms with Crippen molar-refractivity contribution in [1.82, 2.24) is 20.1 Å². The first-order valence-electron chi connectivity index (χ1n) is 6.22. The van der Waals surface area contributed by atoms with Crippen LogP contribution in [0.15, 0.2) is 29.0 Å². The van der Waals surface area contributed by atoms with Gasteiger partial charge in [0.1, 0.15) is 10.3 Å². The molecule has 1 N–H and O–H groups in total. The van der Waals surface area contributed by atoms with E-state index < -0.39 is 23.8 Å². The molecule has 0 aromatic carbocycles. The average molecular weight is 377 g/mol. The summed E-state index contributed by atoms with van der Waals surface area (Å²) in [6, 6.07) is 3.79. The lowest BCUT2D eigenvalue weighted by molar-refractivity contribution is -0.141. The highest BCUT2D eigenvalue weighted by Crippen LogP contribution is 2.28. The number of hydrogen-bond acceptors (Lipinski definition) is 3. The van der Waals surface area contributed by atoms with Gasteiger partial charge in [-0.3, -0.25) is 9.48 Å². The summed E-state index contributed by atoms with van der Waals surface area (Å²) in [6.45, 7) is 1.71. The number of alkyl halides is 3. The smallest absolute Gasteiger partial charge is 0.344 e. The topological polar surface area (TPSA) is 59.8 Å². The summed E-state index contributed by atoms with van der Waals surface area (Å²) < 4.78 is 39.3. The van der Waals surface area contributed by atoms with Crippen LogP contribution in [-0.2, 0) is 13.2 Å². The van der Waals surface area contributed by atoms with Crippen molar-refractivity contribution in [2.45, 2.75) is 19.1 Å². The largest absolute Gasteiger partial charge is 0.435 e. The molecule has 0 aliphatic heterocycles. The minimum absolute atomic E-state index is 0.163. The lowest BCUT2D eigenvalue weighted by Gasteiger charge is -2.13. The van der Waals surface area contributed by atoms with E-state index >= 15 is 0 Å². The summed E-state index contributed by atoms with van der Waals surface area (Å²) in [5.74, 6) is -0.638. The van der Waals surface area contributed by atoms with Gasteiger partial charge in [-0.2, -0.15) is 18.3 Å². The number of carbonyl (C=O) groups excluding carboxylic acids is 1. The predicted octanol–water partition coefficient (Wildman–Crippen LogP) is 3.09. The zero-order valence-electron chi connectivity index (χ0n) is 11.6. The summed E-state index contributed by atoms with van der Waals surface area (Å²) in [4.78, 5) is 16.1. The summed E-state index contributed by atoms with van der Waals surface area (Å²) in [6.07, 6.45) is -3.02. The molecule has 0 fully saturated rings. The molecule has 2 aromatic rings. The zero-order valence-corrected chi connectivity index (χ0v) is 13.2. The van der Waals surface area contributed by atoms with E-state index in [1.807, 2.05) is 0 Å². The van der Waals surface area contributed by atoms with Crippen molar-refractivity contribution in [3.63, 3.8) is 0 Å². The second kappa shape index (κ2) is 6.07. The van der Waals surface area contributed by atoms with Crippen molar-refractivity contribution < 1.29 is 18.0 Å². The molecule has 118 valence electrons. The van der Waals surface area contributed by atoms with Crippen molar-refractivity contribution in [3.05, 3.63) is 46.0 Å². The molecule has 1 unspecified atom stereocenters. The Morgan fingerprint density at radius 3 is 2.59 bits per heavy atom. The van der Waals surface area contributed by atoms with E-state index in [0.717, 1.165) is 16.3 Å². The van der Waals surface area contributed by atoms with Crippen LogP contribution >= 0.6 is 15.9 Å². The van der Waals surface area contributed by atoms with E-state index in [2.05, 4.69) is 31.3 Å². The van der Waals surface area contributed by atoms with E-state index in [1.165, 1.54) is 7.05 Å². The number of nitrogens with one attached hydrogen (secondary N) is 1. The van der Waals surface area contributed by atoms with Crippen molar-refractivity contribution >= 4 is 21.8 Å². The number of amides is 1. The maximum absolute atomic E-state index is 12.6. The molecule has 2 rings (SSSR count). The van der Waals surface area contributed by atoms with Gasteiger partial charge in [-0.1, -0.05) is 6.07 Å². The molecule has 1 atom stereocenters. The summed E-state index contributed by atoms with van der Waals surface area (Å²) >= 11 is 3.20. The van der Waals surface area contributed by atoms with Crippen LogP contribution in [0, 0.1) is 0 Å². The molecule has 0 aliphatic carbocycles. The molecule has 0 saturated carbocycles. The van der Waals surface area contributed by atoms with Crippen LogP contribution in [0.2, 0.25) is 0 Å². The number of aromatic nitrogens is 3. The number of halogens is 4. The second-order valence-electron chi connectivity index (χ2n) is 4.65. The fourth-order valence-corrected chi connectivity index (χ4v) is 2.05. The van der Waals surface area contributed by atoms with Gasteiger partial charge in [0.15, 0.2) is 5.69 Å². The van der Waals surface area contributed by atoms with Crippen molar-refractivity contribution in [2.75, 3.05) is 0 Å². The van der Waals surface area contributed by atoms with Crippen LogP contribution in [0.25, 0.3) is 0 Å². The van der Waals surface area contributed by atoms with E-state index in [1.54, 1.807) is 25.3 Å². The van der Waals surface area contributed by atoms with E-state index in [0.29, 0.717) is 4.60 Å². The lowest BCUT2D eigenvalue weighted by Crippen LogP contribution is -2.28. The minimum Gasteiger partial charge on any atom is -0.344 e. The second-order valence-corrected chi connectivity index (χ2v) is 5.46. The molecular weight excluding hydrogens is 365 g/mol. The lowest BCUT2D eigenvalue weighted by atomic mass is 10.1. The SMILES string of the molecule is CC(NC(=O)c1cc(C(F)(F)F)nn1C)c1ccc(Br)nc1. The van der Waals surface area contributed by atoms with Gasteiger partial charge in [0, 0.05) is 19.3 Å². The Morgan fingerprint density at radius 2 is 2.09 bits per heavy atom. The standard InChI is InChI=1S/C13H12BrF3N4O/c1-7(8-3-4-11(14)18-6-8)19-12(22)9-5-10(13(15,16)17)20-21(9)2/h3-7H,1-2H3,(H,19,22). The van der Waals surface area contributed by atoms with Crippen LogP contribution in [0.4, 0.5) is 13.2 Å². The van der Waals surface area contributed by atoms with Gasteiger partial charge < -0.3 is 5.32 Å². The molecule has 0 aliphatic rings. The van der Waals surface area contributed by atoms with E-state index in [-0.39, 0.29) is 5.69 Å². The Balaban J connectivity index is 2.15. The van der Waals surface area contributed by atoms with Crippen LogP contribution in [-0.4, -0.2) is 20.7 Å². The van der Waals surface area contributed by atoms with Gasteiger partial charge >= 0.3 is 6.18 Å². The Labute approximate surface area is 132 Å². The highest BCUT2D eigenvalue weighted by Gasteiger charge is 2.35. The monoisotopic (exact) mass is 376 g/mol. The van der Waals surface area contributed by atoms with Gasteiger partial charge in [-0.15, -0.1) is 0 Å². The van der Waals surface area contributed by atoms with Gasteiger partial charge in [0.2, 0.25) is 0 Å². The maximum Gasteiger partial charge on any atom is 0.435 e. The van der Waals surface area contributed by atoms with Crippen molar-refractivity contribution in [2.24, 2.45) is 7.05 Å². The van der Waals surface area contributed by atoms with Gasteiger partial charge in [-0.25, -0.2) is 4.98 Å². The average Bonchev–Trinajstić information content (AvgIpc) is 2.81. The Bertz CT molecular complexity index is 682. The van der Waals surface area contributed by atoms with E-state index in [9.17, 15) is 18.0 Å². The van der Waals surface area contributed by atoms with E-state index in [4.69, 9.17) is 0 Å². The van der Waals surface area contributed by atoms with Crippen molar-refractivity contribution in [3.8, 4) is 0 Å². The number of nitrogens with zero attached hydrogens (tertiary/aromatic N) is 3. The maximum atomic E-state index is 12.6. The van der Waals surface area contributed by atoms with Crippen LogP contribution in [0.1, 0.15) is 34.7 Å². The van der Waals surface area contributed by atoms with Crippen LogP contribution in [0.3, 0.4) is 0 Å². The van der Waals surface area contributed by atoms with Crippen LogP contribution in [0.5, 0.6) is 0 Å². The summed E-state index contributed by atoms with van der Waals surface area (Å²) in [5, 5.41) is 5.92. The van der Waals surface area contributed by atoms with Gasteiger partial charge in [0.05, 0.1) is 6.04 Å². The third-order valence-electron chi connectivity index (χ3n) is 3.00. The number of aryl methyl sites for hydroxylation is 1. The van der Waals surface area contributed by atoms with Crippen LogP contribution < -0.4 is 5.32 Å². The zero-order chi connectivity index (χ0) is 16.5. The van der Waals surface area contributed by atoms with Crippen molar-refractivity contribution in [1.29, 1.82) is 0 Å². The number of hydrogen-bond donors (Lipinski definition) is 1. The Morgan fingerprint density at radius 1 is 1.41 bits per heavy atom. The highest BCUT2D eigenvalue weighted by atomic mass is 79.9. The summed E-state index contributed by atoms with van der Waals surface area (Å²) in [5.41, 5.74) is -0.530. The normalized spacial score (nSPS) is 13.0. The third-order valence-corrected chi connectivity index (χ3v) is 3.47. The first-order chi connectivity index (χ1) is 10.2. The number of pyridine rings is 1. The molecule has 2 heterocycles. The first kappa shape index (κ1) is 16.5. The molecule has 0 spiro atoms. The fourth-order valence-electron chi connectivity index (χ4n) is 1.82. The highest BCUT2D eigenvalue weighted by molar-refractivity contribution is 9.10. The molecule has 9 heteroatoms. The quantitative estimate of drug-likeness (QED) is 0.837. The summed E-state index contributed by atoms with van der Waals surface area (Å²) in [7, 11) is 1.29. The minimum atomic E-state index is -4.59. The third kappa shape index (κ3) is 3.65. The van der Waals surface area contributed by atoms with Gasteiger partial charge in [-0.05, 0) is 34.5 Å². The Hall–Kier alpha value is -1.90. The molecule has 0 saturated heterocycles. The molecule has 1 amide bonds. The molecule has 0 bridgehead atoms.